The zero-order valence-electron chi connectivity index (χ0n) is 17.4. The Morgan fingerprint density at radius 2 is 1.56 bits per heavy atom. The van der Waals surface area contributed by atoms with Gasteiger partial charge in [0.1, 0.15) is 0 Å². The number of alkyl halides is 6. The van der Waals surface area contributed by atoms with Crippen LogP contribution in [0.2, 0.25) is 0 Å². The summed E-state index contributed by atoms with van der Waals surface area (Å²) in [5.74, 6) is -0.281. The minimum Gasteiger partial charge on any atom is -0.484 e. The third-order valence-electron chi connectivity index (χ3n) is 5.23. The average molecular weight is 491 g/mol. The van der Waals surface area contributed by atoms with Gasteiger partial charge in [-0.1, -0.05) is 6.07 Å². The highest BCUT2D eigenvalue weighted by molar-refractivity contribution is 5.89. The maximum Gasteiger partial charge on any atom is 0.416 e. The summed E-state index contributed by atoms with van der Waals surface area (Å²) in [6.45, 7) is 0. The van der Waals surface area contributed by atoms with Crippen LogP contribution in [-0.2, 0) is 12.4 Å². The van der Waals surface area contributed by atoms with Gasteiger partial charge < -0.3 is 15.4 Å². The van der Waals surface area contributed by atoms with Gasteiger partial charge in [0.05, 0.1) is 22.2 Å². The Kier molecular flexibility index (Phi) is 7.22. The molecule has 0 heterocycles. The Labute approximate surface area is 189 Å². The molecule has 2 amide bonds. The summed E-state index contributed by atoms with van der Waals surface area (Å²) in [4.78, 5) is 22.4. The number of amides is 2. The fraction of sp³-hybridized carbons (Fsp3) is 0.381. The average Bonchev–Trinajstić information content (AvgIpc) is 2.74. The van der Waals surface area contributed by atoms with Gasteiger partial charge >= 0.3 is 24.1 Å². The number of ether oxygens (including phenoxy) is 1. The van der Waals surface area contributed by atoms with Crippen LogP contribution in [0.4, 0.5) is 42.5 Å². The molecule has 0 bridgehead atoms. The Balaban J connectivity index is 1.54. The molecule has 1 aliphatic carbocycles. The Morgan fingerprint density at radius 3 is 2.15 bits per heavy atom. The predicted molar refractivity (Wildman–Crippen MR) is 108 cm³/mol. The number of halogens is 6. The molecule has 2 aromatic rings. The number of carbonyl (C=O) groups is 1. The van der Waals surface area contributed by atoms with Crippen molar-refractivity contribution in [2.24, 2.45) is 0 Å². The zero-order chi connectivity index (χ0) is 25.1. The number of nitrogens with zero attached hydrogens (tertiary/aromatic N) is 1. The van der Waals surface area contributed by atoms with Crippen LogP contribution in [-0.4, -0.2) is 23.1 Å². The van der Waals surface area contributed by atoms with E-state index in [1.807, 2.05) is 0 Å². The van der Waals surface area contributed by atoms with Gasteiger partial charge in [-0.05, 0) is 56.0 Å². The fourth-order valence-corrected chi connectivity index (χ4v) is 3.57. The van der Waals surface area contributed by atoms with Crippen molar-refractivity contribution in [3.05, 3.63) is 63.7 Å². The van der Waals surface area contributed by atoms with Crippen LogP contribution < -0.4 is 15.4 Å². The van der Waals surface area contributed by atoms with E-state index < -0.39 is 46.2 Å². The monoisotopic (exact) mass is 491 g/mol. The van der Waals surface area contributed by atoms with E-state index in [4.69, 9.17) is 4.74 Å². The lowest BCUT2D eigenvalue weighted by Crippen LogP contribution is -2.41. The maximum atomic E-state index is 12.8. The summed E-state index contributed by atoms with van der Waals surface area (Å²) in [7, 11) is 0. The number of hydrogen-bond acceptors (Lipinski definition) is 4. The molecule has 3 rings (SSSR count). The summed E-state index contributed by atoms with van der Waals surface area (Å²) >= 11 is 0. The van der Waals surface area contributed by atoms with Gasteiger partial charge in [0.25, 0.3) is 0 Å². The fourth-order valence-electron chi connectivity index (χ4n) is 3.57. The number of nitro groups is 1. The Morgan fingerprint density at radius 1 is 0.941 bits per heavy atom. The summed E-state index contributed by atoms with van der Waals surface area (Å²) in [5, 5.41) is 16.2. The third kappa shape index (κ3) is 6.51. The van der Waals surface area contributed by atoms with Gasteiger partial charge in [-0.2, -0.15) is 26.3 Å². The highest BCUT2D eigenvalue weighted by atomic mass is 19.4. The van der Waals surface area contributed by atoms with E-state index in [1.54, 1.807) is 0 Å². The van der Waals surface area contributed by atoms with E-state index in [0.29, 0.717) is 37.8 Å². The molecule has 0 spiro atoms. The standard InChI is InChI=1S/C21H19F6N3O4/c22-20(23,24)12-2-1-3-15(10-12)29-19(31)28-14-5-7-16(8-6-14)34-18-9-4-13(21(25,26)27)11-17(18)30(32)33/h1-4,9-11,14,16H,5-8H2,(H2,28,29,31). The number of carbonyl (C=O) groups excluding carboxylic acids is 1. The minimum atomic E-state index is -4.73. The molecule has 0 unspecified atom stereocenters. The second-order valence-corrected chi connectivity index (χ2v) is 7.71. The smallest absolute Gasteiger partial charge is 0.416 e. The van der Waals surface area contributed by atoms with Gasteiger partial charge in [-0.15, -0.1) is 0 Å². The molecule has 184 valence electrons. The number of urea groups is 1. The molecule has 0 atom stereocenters. The molecule has 34 heavy (non-hydrogen) atoms. The number of rotatable bonds is 5. The first-order valence-electron chi connectivity index (χ1n) is 10.1. The van der Waals surface area contributed by atoms with Crippen molar-refractivity contribution >= 4 is 17.4 Å². The van der Waals surface area contributed by atoms with Crippen LogP contribution in [0.15, 0.2) is 42.5 Å². The third-order valence-corrected chi connectivity index (χ3v) is 5.23. The van der Waals surface area contributed by atoms with Crippen molar-refractivity contribution in [3.63, 3.8) is 0 Å². The summed E-state index contributed by atoms with van der Waals surface area (Å²) in [6.07, 6.45) is -8.29. The molecule has 0 saturated heterocycles. The lowest BCUT2D eigenvalue weighted by atomic mass is 9.93. The largest absolute Gasteiger partial charge is 0.484 e. The Bertz CT molecular complexity index is 1050. The van der Waals surface area contributed by atoms with Crippen molar-refractivity contribution in [1.82, 2.24) is 5.32 Å². The van der Waals surface area contributed by atoms with E-state index in [2.05, 4.69) is 10.6 Å². The van der Waals surface area contributed by atoms with Gasteiger partial charge in [0, 0.05) is 17.8 Å². The lowest BCUT2D eigenvalue weighted by molar-refractivity contribution is -0.386. The SMILES string of the molecule is O=C(Nc1cccc(C(F)(F)F)c1)NC1CCC(Oc2ccc(C(F)(F)F)cc2[N+](=O)[O-])CC1. The molecule has 1 saturated carbocycles. The number of benzene rings is 2. The van der Waals surface area contributed by atoms with E-state index >= 15 is 0 Å². The first kappa shape index (κ1) is 25.1. The lowest BCUT2D eigenvalue weighted by Gasteiger charge is -2.29. The topological polar surface area (TPSA) is 93.5 Å². The first-order chi connectivity index (χ1) is 15.8. The molecule has 2 N–H and O–H groups in total. The molecule has 1 fully saturated rings. The van der Waals surface area contributed by atoms with Gasteiger partial charge in [-0.25, -0.2) is 4.79 Å². The van der Waals surface area contributed by atoms with Crippen LogP contribution in [0.3, 0.4) is 0 Å². The van der Waals surface area contributed by atoms with Crippen molar-refractivity contribution in [3.8, 4) is 5.75 Å². The number of nitrogens with one attached hydrogen (secondary N) is 2. The van der Waals surface area contributed by atoms with Crippen LogP contribution in [0.1, 0.15) is 36.8 Å². The zero-order valence-corrected chi connectivity index (χ0v) is 17.4. The molecule has 0 aliphatic heterocycles. The van der Waals surface area contributed by atoms with E-state index in [9.17, 15) is 41.3 Å². The van der Waals surface area contributed by atoms with Gasteiger partial charge in [-0.3, -0.25) is 10.1 Å². The van der Waals surface area contributed by atoms with Crippen LogP contribution >= 0.6 is 0 Å². The summed E-state index contributed by atoms with van der Waals surface area (Å²) in [6, 6.07) is 5.18. The molecule has 2 aromatic carbocycles. The minimum absolute atomic E-state index is 0.0287. The van der Waals surface area contributed by atoms with Gasteiger partial charge in [0.15, 0.2) is 5.75 Å². The number of hydrogen-bond donors (Lipinski definition) is 2. The highest BCUT2D eigenvalue weighted by Gasteiger charge is 2.34. The Hall–Kier alpha value is -3.51. The van der Waals surface area contributed by atoms with E-state index in [0.717, 1.165) is 18.2 Å². The van der Waals surface area contributed by atoms with Crippen molar-refractivity contribution in [2.75, 3.05) is 5.32 Å². The number of nitro benzene ring substituents is 1. The van der Waals surface area contributed by atoms with Crippen LogP contribution in [0.5, 0.6) is 5.75 Å². The van der Waals surface area contributed by atoms with Crippen molar-refractivity contribution in [2.45, 2.75) is 50.2 Å². The molecule has 13 heteroatoms. The quantitative estimate of drug-likeness (QED) is 0.298. The van der Waals surface area contributed by atoms with E-state index in [1.165, 1.54) is 12.1 Å². The normalized spacial score (nSPS) is 18.8. The second kappa shape index (κ2) is 9.77. The van der Waals surface area contributed by atoms with Crippen LogP contribution in [0.25, 0.3) is 0 Å². The van der Waals surface area contributed by atoms with Crippen LogP contribution in [0, 0.1) is 10.1 Å². The van der Waals surface area contributed by atoms with Crippen molar-refractivity contribution < 1.29 is 40.8 Å². The summed E-state index contributed by atoms with van der Waals surface area (Å²) < 4.78 is 82.4. The maximum absolute atomic E-state index is 12.8. The van der Waals surface area contributed by atoms with E-state index in [-0.39, 0.29) is 17.5 Å². The molecule has 7 nitrogen and oxygen atoms in total. The molecule has 1 aliphatic rings. The summed E-state index contributed by atoms with van der Waals surface area (Å²) in [5.41, 5.74) is -2.89. The van der Waals surface area contributed by atoms with Crippen molar-refractivity contribution in [1.29, 1.82) is 0 Å². The molecular formula is C21H19F6N3O4. The second-order valence-electron chi connectivity index (χ2n) is 7.71. The first-order valence-corrected chi connectivity index (χ1v) is 10.1. The molecular weight excluding hydrogens is 472 g/mol. The molecule has 0 aromatic heterocycles. The highest BCUT2D eigenvalue weighted by Crippen LogP contribution is 2.37. The predicted octanol–water partition coefficient (Wildman–Crippen LogP) is 6.14. The molecule has 0 radical (unpaired) electrons. The number of anilines is 1. The van der Waals surface area contributed by atoms with Gasteiger partial charge in [0.2, 0.25) is 0 Å².